The zero-order valence-corrected chi connectivity index (χ0v) is 15.0. The summed E-state index contributed by atoms with van der Waals surface area (Å²) < 4.78 is 40.5. The van der Waals surface area contributed by atoms with E-state index in [1.54, 1.807) is 12.1 Å². The molecule has 1 heterocycles. The minimum absolute atomic E-state index is 0.000479. The Labute approximate surface area is 157 Å². The summed E-state index contributed by atoms with van der Waals surface area (Å²) in [6, 6.07) is 10.0. The zero-order chi connectivity index (χ0) is 20.3. The molecule has 3 rings (SSSR count). The largest absolute Gasteiger partial charge is 0.416 e. The van der Waals surface area contributed by atoms with Gasteiger partial charge in [-0.25, -0.2) is 4.79 Å². The molecule has 0 aliphatic rings. The minimum atomic E-state index is -4.43. The highest BCUT2D eigenvalue weighted by Crippen LogP contribution is 2.29. The van der Waals surface area contributed by atoms with Crippen molar-refractivity contribution in [1.29, 1.82) is 0 Å². The van der Waals surface area contributed by atoms with E-state index in [2.05, 4.69) is 15.6 Å². The Kier molecular flexibility index (Phi) is 5.30. The zero-order valence-electron chi connectivity index (χ0n) is 15.0. The summed E-state index contributed by atoms with van der Waals surface area (Å²) in [7, 11) is 1.48. The van der Waals surface area contributed by atoms with Crippen LogP contribution in [0.15, 0.2) is 52.4 Å². The summed E-state index contributed by atoms with van der Waals surface area (Å²) in [5.41, 5.74) is 1.06. The number of aryl methyl sites for hydroxylation is 2. The second kappa shape index (κ2) is 7.67. The topological polar surface area (TPSA) is 74.3 Å². The SMILES string of the molecule is Cc1cccc(-n2nnn(C)c2=O)c1CO/N=C/c1cccc(C(F)(F)F)c1. The Morgan fingerprint density at radius 2 is 1.93 bits per heavy atom. The summed E-state index contributed by atoms with van der Waals surface area (Å²) in [5.74, 6) is 0. The maximum Gasteiger partial charge on any atom is 0.416 e. The van der Waals surface area contributed by atoms with Gasteiger partial charge >= 0.3 is 11.9 Å². The Balaban J connectivity index is 1.78. The number of alkyl halides is 3. The predicted molar refractivity (Wildman–Crippen MR) is 95.2 cm³/mol. The molecule has 0 N–H and O–H groups in total. The third kappa shape index (κ3) is 4.11. The van der Waals surface area contributed by atoms with Crippen LogP contribution < -0.4 is 5.69 Å². The van der Waals surface area contributed by atoms with Gasteiger partial charge in [-0.2, -0.15) is 22.5 Å². The van der Waals surface area contributed by atoms with Gasteiger partial charge in [0.15, 0.2) is 0 Å². The highest BCUT2D eigenvalue weighted by Gasteiger charge is 2.30. The average molecular weight is 391 g/mol. The molecule has 2 aromatic carbocycles. The van der Waals surface area contributed by atoms with E-state index >= 15 is 0 Å². The van der Waals surface area contributed by atoms with Crippen LogP contribution in [0.4, 0.5) is 13.2 Å². The van der Waals surface area contributed by atoms with Crippen LogP contribution in [0.25, 0.3) is 5.69 Å². The minimum Gasteiger partial charge on any atom is -0.391 e. The summed E-state index contributed by atoms with van der Waals surface area (Å²) >= 11 is 0. The van der Waals surface area contributed by atoms with Gasteiger partial charge in [0.1, 0.15) is 6.61 Å². The average Bonchev–Trinajstić information content (AvgIpc) is 2.98. The maximum absolute atomic E-state index is 12.7. The van der Waals surface area contributed by atoms with Gasteiger partial charge in [-0.3, -0.25) is 0 Å². The van der Waals surface area contributed by atoms with Gasteiger partial charge in [0.2, 0.25) is 0 Å². The van der Waals surface area contributed by atoms with Gasteiger partial charge in [0, 0.05) is 12.6 Å². The van der Waals surface area contributed by atoms with E-state index in [1.807, 2.05) is 13.0 Å². The first-order chi connectivity index (χ1) is 13.3. The lowest BCUT2D eigenvalue weighted by molar-refractivity contribution is -0.137. The molecule has 0 radical (unpaired) electrons. The fraction of sp³-hybridized carbons (Fsp3) is 0.222. The maximum atomic E-state index is 12.7. The molecule has 0 saturated carbocycles. The molecular weight excluding hydrogens is 375 g/mol. The molecule has 0 atom stereocenters. The molecule has 0 aliphatic heterocycles. The van der Waals surface area contributed by atoms with E-state index in [1.165, 1.54) is 25.4 Å². The lowest BCUT2D eigenvalue weighted by Crippen LogP contribution is -2.23. The normalized spacial score (nSPS) is 11.9. The number of benzene rings is 2. The molecule has 0 spiro atoms. The molecule has 146 valence electrons. The van der Waals surface area contributed by atoms with Crippen molar-refractivity contribution in [1.82, 2.24) is 19.8 Å². The molecule has 28 heavy (non-hydrogen) atoms. The highest BCUT2D eigenvalue weighted by atomic mass is 19.4. The van der Waals surface area contributed by atoms with Gasteiger partial charge < -0.3 is 4.84 Å². The lowest BCUT2D eigenvalue weighted by atomic mass is 10.1. The molecule has 0 fully saturated rings. The fourth-order valence-corrected chi connectivity index (χ4v) is 2.53. The molecule has 0 bridgehead atoms. The Hall–Kier alpha value is -3.43. The van der Waals surface area contributed by atoms with E-state index in [0.29, 0.717) is 11.3 Å². The molecule has 1 aromatic heterocycles. The molecule has 0 saturated heterocycles. The van der Waals surface area contributed by atoms with Crippen molar-refractivity contribution in [2.75, 3.05) is 0 Å². The van der Waals surface area contributed by atoms with Gasteiger partial charge in [-0.05, 0) is 46.7 Å². The molecule has 3 aromatic rings. The van der Waals surface area contributed by atoms with Crippen LogP contribution in [0.1, 0.15) is 22.3 Å². The second-order valence-corrected chi connectivity index (χ2v) is 6.00. The summed E-state index contributed by atoms with van der Waals surface area (Å²) in [6.45, 7) is 1.83. The first-order valence-corrected chi connectivity index (χ1v) is 8.18. The summed E-state index contributed by atoms with van der Waals surface area (Å²) in [4.78, 5) is 17.4. The van der Waals surface area contributed by atoms with Crippen molar-refractivity contribution in [3.05, 3.63) is 75.2 Å². The number of tetrazole rings is 1. The van der Waals surface area contributed by atoms with Crippen molar-refractivity contribution in [2.24, 2.45) is 12.2 Å². The van der Waals surface area contributed by atoms with Crippen LogP contribution in [-0.2, 0) is 24.7 Å². The van der Waals surface area contributed by atoms with Crippen molar-refractivity contribution in [2.45, 2.75) is 19.7 Å². The number of oxime groups is 1. The number of nitrogens with zero attached hydrogens (tertiary/aromatic N) is 5. The van der Waals surface area contributed by atoms with E-state index < -0.39 is 17.4 Å². The highest BCUT2D eigenvalue weighted by molar-refractivity contribution is 5.79. The van der Waals surface area contributed by atoms with Gasteiger partial charge in [0.05, 0.1) is 17.5 Å². The van der Waals surface area contributed by atoms with Gasteiger partial charge in [-0.15, -0.1) is 0 Å². The van der Waals surface area contributed by atoms with E-state index in [0.717, 1.165) is 27.1 Å². The number of halogens is 3. The number of hydrogen-bond donors (Lipinski definition) is 0. The van der Waals surface area contributed by atoms with Crippen molar-refractivity contribution >= 4 is 6.21 Å². The Morgan fingerprint density at radius 1 is 1.18 bits per heavy atom. The third-order valence-electron chi connectivity index (χ3n) is 4.03. The van der Waals surface area contributed by atoms with Crippen LogP contribution in [0.3, 0.4) is 0 Å². The summed E-state index contributed by atoms with van der Waals surface area (Å²) in [5, 5.41) is 11.2. The van der Waals surface area contributed by atoms with Crippen molar-refractivity contribution in [3.8, 4) is 5.69 Å². The standard InChI is InChI=1S/C18H16F3N5O2/c1-12-5-3-8-16(26-17(27)25(2)23-24-26)15(12)11-28-22-10-13-6-4-7-14(9-13)18(19,20)21/h3-10H,11H2,1-2H3/b22-10+. The molecule has 0 unspecified atom stereocenters. The Morgan fingerprint density at radius 3 is 2.61 bits per heavy atom. The molecular formula is C18H16F3N5O2. The van der Waals surface area contributed by atoms with E-state index in [4.69, 9.17) is 4.84 Å². The molecule has 7 nitrogen and oxygen atoms in total. The smallest absolute Gasteiger partial charge is 0.391 e. The molecule has 0 aliphatic carbocycles. The van der Waals surface area contributed by atoms with Crippen LogP contribution in [0.5, 0.6) is 0 Å². The quantitative estimate of drug-likeness (QED) is 0.495. The van der Waals surface area contributed by atoms with Gasteiger partial charge in [-0.1, -0.05) is 29.4 Å². The van der Waals surface area contributed by atoms with Crippen LogP contribution in [0.2, 0.25) is 0 Å². The number of aromatic nitrogens is 4. The third-order valence-corrected chi connectivity index (χ3v) is 4.03. The van der Waals surface area contributed by atoms with Crippen LogP contribution in [0, 0.1) is 6.92 Å². The number of hydrogen-bond acceptors (Lipinski definition) is 5. The van der Waals surface area contributed by atoms with Crippen molar-refractivity contribution in [3.63, 3.8) is 0 Å². The molecule has 10 heteroatoms. The van der Waals surface area contributed by atoms with Gasteiger partial charge in [0.25, 0.3) is 0 Å². The fourth-order valence-electron chi connectivity index (χ4n) is 2.53. The second-order valence-electron chi connectivity index (χ2n) is 6.00. The van der Waals surface area contributed by atoms with E-state index in [-0.39, 0.29) is 12.2 Å². The summed E-state index contributed by atoms with van der Waals surface area (Å²) in [6.07, 6.45) is -3.23. The van der Waals surface area contributed by atoms with Crippen LogP contribution >= 0.6 is 0 Å². The predicted octanol–water partition coefficient (Wildman–Crippen LogP) is 2.84. The number of rotatable bonds is 5. The monoisotopic (exact) mass is 391 g/mol. The first-order valence-electron chi connectivity index (χ1n) is 8.18. The van der Waals surface area contributed by atoms with Crippen LogP contribution in [-0.4, -0.2) is 26.0 Å². The van der Waals surface area contributed by atoms with E-state index in [9.17, 15) is 18.0 Å². The lowest BCUT2D eigenvalue weighted by Gasteiger charge is -2.10. The van der Waals surface area contributed by atoms with Crippen molar-refractivity contribution < 1.29 is 18.0 Å². The molecule has 0 amide bonds. The first kappa shape index (κ1) is 19.3. The Bertz CT molecular complexity index is 1070.